The van der Waals surface area contributed by atoms with E-state index in [9.17, 15) is 9.18 Å². The minimum Gasteiger partial charge on any atom is -0.340 e. The maximum Gasteiger partial charge on any atom is 0.232 e. The second-order valence-corrected chi connectivity index (χ2v) is 6.81. The first-order valence-corrected chi connectivity index (χ1v) is 7.78. The van der Waals surface area contributed by atoms with Crippen molar-refractivity contribution in [3.63, 3.8) is 0 Å². The number of amides is 1. The van der Waals surface area contributed by atoms with Crippen molar-refractivity contribution >= 4 is 18.3 Å². The molecular weight excluding hydrogens is 303 g/mol. The number of nitrogens with zero attached hydrogens (tertiary/aromatic N) is 1. The molecule has 1 aromatic carbocycles. The molecule has 2 atom stereocenters. The predicted octanol–water partition coefficient (Wildman–Crippen LogP) is 2.88. The molecule has 2 heterocycles. The molecule has 0 spiro atoms. The van der Waals surface area contributed by atoms with Crippen molar-refractivity contribution < 1.29 is 9.18 Å². The van der Waals surface area contributed by atoms with Crippen molar-refractivity contribution in [1.82, 2.24) is 10.2 Å². The van der Waals surface area contributed by atoms with Gasteiger partial charge in [-0.1, -0.05) is 12.1 Å². The van der Waals surface area contributed by atoms with Crippen molar-refractivity contribution in [2.24, 2.45) is 0 Å². The first kappa shape index (κ1) is 17.2. The zero-order valence-corrected chi connectivity index (χ0v) is 14.0. The van der Waals surface area contributed by atoms with E-state index in [1.54, 1.807) is 6.07 Å². The second kappa shape index (κ2) is 6.55. The average molecular weight is 327 g/mol. The van der Waals surface area contributed by atoms with E-state index in [2.05, 4.69) is 5.32 Å². The van der Waals surface area contributed by atoms with E-state index in [4.69, 9.17) is 0 Å². The minimum absolute atomic E-state index is 0. The van der Waals surface area contributed by atoms with Crippen molar-refractivity contribution in [3.8, 4) is 0 Å². The summed E-state index contributed by atoms with van der Waals surface area (Å²) in [6.45, 7) is 5.35. The molecule has 1 amide bonds. The van der Waals surface area contributed by atoms with E-state index >= 15 is 0 Å². The molecule has 22 heavy (non-hydrogen) atoms. The van der Waals surface area contributed by atoms with Crippen LogP contribution in [0.5, 0.6) is 0 Å². The molecule has 1 N–H and O–H groups in total. The molecule has 2 bridgehead atoms. The van der Waals surface area contributed by atoms with E-state index < -0.39 is 5.41 Å². The third kappa shape index (κ3) is 3.28. The Morgan fingerprint density at radius 2 is 2.00 bits per heavy atom. The number of carbonyl (C=O) groups is 1. The summed E-state index contributed by atoms with van der Waals surface area (Å²) in [6, 6.07) is 7.38. The van der Waals surface area contributed by atoms with Crippen LogP contribution in [0.15, 0.2) is 24.3 Å². The number of likely N-dealkylation sites (tertiary alicyclic amines) is 1. The fraction of sp³-hybridized carbons (Fsp3) is 0.588. The molecule has 3 nitrogen and oxygen atoms in total. The Morgan fingerprint density at radius 1 is 1.27 bits per heavy atom. The van der Waals surface area contributed by atoms with Crippen LogP contribution in [0.1, 0.15) is 38.7 Å². The lowest BCUT2D eigenvalue weighted by atomic mass is 9.83. The number of nitrogens with one attached hydrogen (secondary N) is 1. The van der Waals surface area contributed by atoms with E-state index in [1.807, 2.05) is 24.8 Å². The number of hydrogen-bond donors (Lipinski definition) is 1. The molecule has 2 saturated heterocycles. The Labute approximate surface area is 137 Å². The molecule has 122 valence electrons. The minimum atomic E-state index is -0.689. The van der Waals surface area contributed by atoms with E-state index in [1.165, 1.54) is 18.6 Å². The van der Waals surface area contributed by atoms with Gasteiger partial charge in [0.15, 0.2) is 0 Å². The smallest absolute Gasteiger partial charge is 0.232 e. The summed E-state index contributed by atoms with van der Waals surface area (Å²) in [6.07, 6.45) is 3.39. The standard InChI is InChI=1S/C17H23FN2O.ClH/c1-17(2,12-4-3-5-13(18)10-12)16(21)20-9-8-14-6-7-15(11-20)19-14;/h3-5,10,14-15,19H,6-9,11H2,1-2H3;1H. The first-order chi connectivity index (χ1) is 9.96. The van der Waals surface area contributed by atoms with Gasteiger partial charge in [-0.3, -0.25) is 4.79 Å². The Kier molecular flexibility index (Phi) is 5.13. The monoisotopic (exact) mass is 326 g/mol. The lowest BCUT2D eigenvalue weighted by Crippen LogP contribution is -2.47. The molecule has 2 fully saturated rings. The molecule has 2 aliphatic heterocycles. The summed E-state index contributed by atoms with van der Waals surface area (Å²) in [7, 11) is 0. The summed E-state index contributed by atoms with van der Waals surface area (Å²) >= 11 is 0. The highest BCUT2D eigenvalue weighted by Crippen LogP contribution is 2.29. The number of halogens is 2. The second-order valence-electron chi connectivity index (χ2n) is 6.81. The summed E-state index contributed by atoms with van der Waals surface area (Å²) in [5.41, 5.74) is 0.0564. The van der Waals surface area contributed by atoms with Gasteiger partial charge < -0.3 is 10.2 Å². The van der Waals surface area contributed by atoms with E-state index in [0.29, 0.717) is 12.1 Å². The van der Waals surface area contributed by atoms with Gasteiger partial charge in [-0.25, -0.2) is 4.39 Å². The van der Waals surface area contributed by atoms with Crippen molar-refractivity contribution in [1.29, 1.82) is 0 Å². The molecule has 0 radical (unpaired) electrons. The van der Waals surface area contributed by atoms with Gasteiger partial charge in [-0.15, -0.1) is 12.4 Å². The maximum atomic E-state index is 13.5. The highest BCUT2D eigenvalue weighted by atomic mass is 35.5. The van der Waals surface area contributed by atoms with Gasteiger partial charge in [0.25, 0.3) is 0 Å². The SMILES string of the molecule is CC(C)(C(=O)N1CCC2CCC(C1)N2)c1cccc(F)c1.Cl. The van der Waals surface area contributed by atoms with Crippen LogP contribution >= 0.6 is 12.4 Å². The maximum absolute atomic E-state index is 13.5. The van der Waals surface area contributed by atoms with Crippen LogP contribution in [0.3, 0.4) is 0 Å². The topological polar surface area (TPSA) is 32.3 Å². The van der Waals surface area contributed by atoms with Crippen LogP contribution in [0, 0.1) is 5.82 Å². The molecule has 1 aromatic rings. The fourth-order valence-electron chi connectivity index (χ4n) is 3.52. The largest absolute Gasteiger partial charge is 0.340 e. The lowest BCUT2D eigenvalue weighted by Gasteiger charge is -2.33. The Bertz CT molecular complexity index is 549. The quantitative estimate of drug-likeness (QED) is 0.906. The first-order valence-electron chi connectivity index (χ1n) is 7.78. The zero-order valence-electron chi connectivity index (χ0n) is 13.1. The molecule has 2 aliphatic rings. The highest BCUT2D eigenvalue weighted by molar-refractivity contribution is 5.87. The Hall–Kier alpha value is -1.13. The van der Waals surface area contributed by atoms with Crippen LogP contribution < -0.4 is 5.32 Å². The van der Waals surface area contributed by atoms with Gasteiger partial charge in [0.1, 0.15) is 5.82 Å². The van der Waals surface area contributed by atoms with Gasteiger partial charge in [0.05, 0.1) is 5.41 Å². The van der Waals surface area contributed by atoms with Gasteiger partial charge in [0, 0.05) is 25.2 Å². The van der Waals surface area contributed by atoms with Gasteiger partial charge in [-0.05, 0) is 50.8 Å². The molecule has 3 rings (SSSR count). The van der Waals surface area contributed by atoms with E-state index in [-0.39, 0.29) is 24.1 Å². The van der Waals surface area contributed by atoms with Gasteiger partial charge in [-0.2, -0.15) is 0 Å². The third-order valence-electron chi connectivity index (χ3n) is 4.89. The van der Waals surface area contributed by atoms with E-state index in [0.717, 1.165) is 31.5 Å². The molecule has 0 aliphatic carbocycles. The molecular formula is C17H24ClFN2O. The van der Waals surface area contributed by atoms with Crippen LogP contribution in [0.2, 0.25) is 0 Å². The predicted molar refractivity (Wildman–Crippen MR) is 87.8 cm³/mol. The zero-order chi connectivity index (χ0) is 15.0. The average Bonchev–Trinajstić information content (AvgIpc) is 2.77. The van der Waals surface area contributed by atoms with Gasteiger partial charge >= 0.3 is 0 Å². The third-order valence-corrected chi connectivity index (χ3v) is 4.89. The summed E-state index contributed by atoms with van der Waals surface area (Å²) in [5, 5.41) is 3.58. The molecule has 0 saturated carbocycles. The van der Waals surface area contributed by atoms with Crippen molar-refractivity contribution in [3.05, 3.63) is 35.6 Å². The van der Waals surface area contributed by atoms with Crippen molar-refractivity contribution in [2.75, 3.05) is 13.1 Å². The molecule has 0 aromatic heterocycles. The van der Waals surface area contributed by atoms with Crippen LogP contribution in [0.4, 0.5) is 4.39 Å². The lowest BCUT2D eigenvalue weighted by molar-refractivity contribution is -0.136. The number of benzene rings is 1. The Balaban J connectivity index is 0.00000176. The summed E-state index contributed by atoms with van der Waals surface area (Å²) < 4.78 is 13.5. The Morgan fingerprint density at radius 3 is 2.73 bits per heavy atom. The van der Waals surface area contributed by atoms with Gasteiger partial charge in [0.2, 0.25) is 5.91 Å². The van der Waals surface area contributed by atoms with Crippen molar-refractivity contribution in [2.45, 2.75) is 50.6 Å². The normalized spacial score (nSPS) is 24.6. The molecule has 5 heteroatoms. The highest BCUT2D eigenvalue weighted by Gasteiger charge is 2.38. The van der Waals surface area contributed by atoms with Crippen LogP contribution in [-0.4, -0.2) is 36.0 Å². The number of fused-ring (bicyclic) bond motifs is 2. The van der Waals surface area contributed by atoms with Crippen LogP contribution in [-0.2, 0) is 10.2 Å². The number of hydrogen-bond acceptors (Lipinski definition) is 2. The number of carbonyl (C=O) groups excluding carboxylic acids is 1. The van der Waals surface area contributed by atoms with Crippen LogP contribution in [0.25, 0.3) is 0 Å². The summed E-state index contributed by atoms with van der Waals surface area (Å²) in [4.78, 5) is 14.9. The fourth-order valence-corrected chi connectivity index (χ4v) is 3.52. The molecule has 2 unspecified atom stereocenters. The summed E-state index contributed by atoms with van der Waals surface area (Å²) in [5.74, 6) is -0.188. The number of rotatable bonds is 2.